The third kappa shape index (κ3) is 4.90. The molecule has 0 radical (unpaired) electrons. The number of hydrogen-bond donors (Lipinski definition) is 1. The molecule has 2 rings (SSSR count). The van der Waals surface area contributed by atoms with E-state index in [1.807, 2.05) is 18.2 Å². The van der Waals surface area contributed by atoms with Crippen molar-refractivity contribution in [2.75, 3.05) is 5.75 Å². The molecule has 2 aromatic rings. The number of rotatable bonds is 7. The Hall–Kier alpha value is -1.81. The maximum Gasteiger partial charge on any atom is 0.338 e. The van der Waals surface area contributed by atoms with Crippen LogP contribution in [0.25, 0.3) is 0 Å². The zero-order valence-corrected chi connectivity index (χ0v) is 12.4. The summed E-state index contributed by atoms with van der Waals surface area (Å²) in [4.78, 5) is 11.7. The highest BCUT2D eigenvalue weighted by atomic mass is 32.2. The van der Waals surface area contributed by atoms with Crippen LogP contribution in [0.3, 0.4) is 0 Å². The van der Waals surface area contributed by atoms with Crippen molar-refractivity contribution in [3.8, 4) is 0 Å². The maximum absolute atomic E-state index is 13.3. The summed E-state index contributed by atoms with van der Waals surface area (Å²) in [5, 5.41) is 8.88. The van der Waals surface area contributed by atoms with Crippen molar-refractivity contribution in [3.63, 3.8) is 0 Å². The van der Waals surface area contributed by atoms with E-state index in [1.165, 1.54) is 17.7 Å². The van der Waals surface area contributed by atoms with Crippen molar-refractivity contribution < 1.29 is 14.3 Å². The molecule has 0 amide bonds. The molecule has 1 N–H and O–H groups in total. The zero-order chi connectivity index (χ0) is 15.1. The van der Waals surface area contributed by atoms with E-state index in [-0.39, 0.29) is 5.56 Å². The molecule has 0 saturated heterocycles. The van der Waals surface area contributed by atoms with Gasteiger partial charge in [-0.05, 0) is 48.8 Å². The Balaban J connectivity index is 1.76. The van der Waals surface area contributed by atoms with Crippen LogP contribution in [0.4, 0.5) is 4.39 Å². The van der Waals surface area contributed by atoms with Gasteiger partial charge in [0, 0.05) is 4.90 Å². The van der Waals surface area contributed by atoms with Crippen LogP contribution in [0.1, 0.15) is 28.8 Å². The van der Waals surface area contributed by atoms with Crippen LogP contribution in [0.2, 0.25) is 0 Å². The zero-order valence-electron chi connectivity index (χ0n) is 11.6. The van der Waals surface area contributed by atoms with Crippen LogP contribution in [0, 0.1) is 5.82 Å². The smallest absolute Gasteiger partial charge is 0.338 e. The van der Waals surface area contributed by atoms with Gasteiger partial charge in [-0.3, -0.25) is 0 Å². The van der Waals surface area contributed by atoms with Crippen molar-refractivity contribution in [3.05, 3.63) is 65.5 Å². The molecule has 2 nitrogen and oxygen atoms in total. The topological polar surface area (TPSA) is 37.3 Å². The van der Waals surface area contributed by atoms with Gasteiger partial charge < -0.3 is 5.11 Å². The average molecular weight is 304 g/mol. The van der Waals surface area contributed by atoms with Crippen LogP contribution < -0.4 is 0 Å². The molecule has 0 aliphatic rings. The SMILES string of the molecule is O=C(O)c1cc(SCCCCc2ccccc2)ccc1F. The van der Waals surface area contributed by atoms with Crippen molar-refractivity contribution >= 4 is 17.7 Å². The molecule has 0 aromatic heterocycles. The number of carboxylic acids is 1. The van der Waals surface area contributed by atoms with Gasteiger partial charge in [0.15, 0.2) is 0 Å². The van der Waals surface area contributed by atoms with Gasteiger partial charge in [-0.25, -0.2) is 9.18 Å². The first-order valence-electron chi connectivity index (χ1n) is 6.86. The second kappa shape index (κ2) is 7.84. The lowest BCUT2D eigenvalue weighted by molar-refractivity contribution is 0.0691. The van der Waals surface area contributed by atoms with Gasteiger partial charge >= 0.3 is 5.97 Å². The van der Waals surface area contributed by atoms with Gasteiger partial charge in [0.05, 0.1) is 5.56 Å². The van der Waals surface area contributed by atoms with Crippen molar-refractivity contribution in [2.24, 2.45) is 0 Å². The van der Waals surface area contributed by atoms with Crippen LogP contribution in [-0.4, -0.2) is 16.8 Å². The van der Waals surface area contributed by atoms with Crippen LogP contribution in [-0.2, 0) is 6.42 Å². The molecule has 0 bridgehead atoms. The molecule has 0 heterocycles. The number of aryl methyl sites for hydroxylation is 1. The van der Waals surface area contributed by atoms with Crippen molar-refractivity contribution in [1.29, 1.82) is 0 Å². The van der Waals surface area contributed by atoms with E-state index in [9.17, 15) is 9.18 Å². The molecule has 0 aliphatic carbocycles. The number of halogens is 1. The lowest BCUT2D eigenvalue weighted by Crippen LogP contribution is -2.00. The standard InChI is InChI=1S/C17H17FO2S/c18-16-10-9-14(12-15(16)17(19)20)21-11-5-4-8-13-6-2-1-3-7-13/h1-3,6-7,9-10,12H,4-5,8,11H2,(H,19,20). The van der Waals surface area contributed by atoms with E-state index in [4.69, 9.17) is 5.11 Å². The minimum atomic E-state index is -1.22. The van der Waals surface area contributed by atoms with Gasteiger partial charge in [0.2, 0.25) is 0 Å². The molecule has 2 aromatic carbocycles. The lowest BCUT2D eigenvalue weighted by Gasteiger charge is -2.04. The normalized spacial score (nSPS) is 10.5. The Morgan fingerprint density at radius 3 is 2.57 bits per heavy atom. The Morgan fingerprint density at radius 1 is 1.10 bits per heavy atom. The monoisotopic (exact) mass is 304 g/mol. The molecule has 0 fully saturated rings. The molecular formula is C17H17FO2S. The summed E-state index contributed by atoms with van der Waals surface area (Å²) in [5.41, 5.74) is 1.07. The Kier molecular flexibility index (Phi) is 5.81. The Labute approximate surface area is 128 Å². The van der Waals surface area contributed by atoms with Gasteiger partial charge in [-0.1, -0.05) is 30.3 Å². The molecule has 21 heavy (non-hydrogen) atoms. The highest BCUT2D eigenvalue weighted by molar-refractivity contribution is 7.99. The van der Waals surface area contributed by atoms with E-state index in [2.05, 4.69) is 12.1 Å². The molecule has 0 aliphatic heterocycles. The first kappa shape index (κ1) is 15.6. The molecule has 110 valence electrons. The Morgan fingerprint density at radius 2 is 1.86 bits per heavy atom. The minimum Gasteiger partial charge on any atom is -0.478 e. The van der Waals surface area contributed by atoms with E-state index < -0.39 is 11.8 Å². The van der Waals surface area contributed by atoms with Crippen LogP contribution >= 0.6 is 11.8 Å². The Bertz CT molecular complexity index is 599. The van der Waals surface area contributed by atoms with Gasteiger partial charge in [0.25, 0.3) is 0 Å². The first-order chi connectivity index (χ1) is 10.2. The largest absolute Gasteiger partial charge is 0.478 e. The highest BCUT2D eigenvalue weighted by Gasteiger charge is 2.10. The van der Waals surface area contributed by atoms with Crippen LogP contribution in [0.15, 0.2) is 53.4 Å². The lowest BCUT2D eigenvalue weighted by atomic mass is 10.1. The summed E-state index contributed by atoms with van der Waals surface area (Å²) in [6.45, 7) is 0. The molecular weight excluding hydrogens is 287 g/mol. The van der Waals surface area contributed by atoms with Crippen LogP contribution in [0.5, 0.6) is 0 Å². The van der Waals surface area contributed by atoms with E-state index in [0.29, 0.717) is 0 Å². The second-order valence-corrected chi connectivity index (χ2v) is 5.91. The minimum absolute atomic E-state index is 0.260. The summed E-state index contributed by atoms with van der Waals surface area (Å²) in [6, 6.07) is 14.6. The summed E-state index contributed by atoms with van der Waals surface area (Å²) in [6.07, 6.45) is 3.18. The molecule has 0 spiro atoms. The summed E-state index contributed by atoms with van der Waals surface area (Å²) in [5.74, 6) is -1.01. The number of benzene rings is 2. The maximum atomic E-state index is 13.3. The molecule has 0 unspecified atom stereocenters. The van der Waals surface area contributed by atoms with Gasteiger partial charge in [-0.15, -0.1) is 11.8 Å². The number of thioether (sulfide) groups is 1. The fourth-order valence-corrected chi connectivity index (χ4v) is 2.97. The number of aromatic carboxylic acids is 1. The van der Waals surface area contributed by atoms with Crippen molar-refractivity contribution in [2.45, 2.75) is 24.2 Å². The summed E-state index contributed by atoms with van der Waals surface area (Å²) < 4.78 is 13.3. The molecule has 0 saturated carbocycles. The summed E-state index contributed by atoms with van der Waals surface area (Å²) >= 11 is 1.57. The second-order valence-electron chi connectivity index (χ2n) is 4.74. The quantitative estimate of drug-likeness (QED) is 0.598. The number of unbranched alkanes of at least 4 members (excludes halogenated alkanes) is 1. The molecule has 0 atom stereocenters. The van der Waals surface area contributed by atoms with E-state index in [1.54, 1.807) is 17.8 Å². The first-order valence-corrected chi connectivity index (χ1v) is 7.85. The highest BCUT2D eigenvalue weighted by Crippen LogP contribution is 2.22. The van der Waals surface area contributed by atoms with Gasteiger partial charge in [-0.2, -0.15) is 0 Å². The number of carboxylic acid groups (broad SMARTS) is 1. The third-order valence-corrected chi connectivity index (χ3v) is 4.22. The van der Waals surface area contributed by atoms with E-state index in [0.717, 1.165) is 29.9 Å². The fourth-order valence-electron chi connectivity index (χ4n) is 2.02. The average Bonchev–Trinajstić information content (AvgIpc) is 2.49. The fraction of sp³-hybridized carbons (Fsp3) is 0.235. The number of hydrogen-bond acceptors (Lipinski definition) is 2. The molecule has 4 heteroatoms. The summed E-state index contributed by atoms with van der Waals surface area (Å²) in [7, 11) is 0. The number of carbonyl (C=O) groups is 1. The van der Waals surface area contributed by atoms with Gasteiger partial charge in [0.1, 0.15) is 5.82 Å². The predicted molar refractivity (Wildman–Crippen MR) is 83.5 cm³/mol. The predicted octanol–water partition coefficient (Wildman–Crippen LogP) is 4.64. The third-order valence-electron chi connectivity index (χ3n) is 3.14. The van der Waals surface area contributed by atoms with Crippen molar-refractivity contribution in [1.82, 2.24) is 0 Å². The van der Waals surface area contributed by atoms with E-state index >= 15 is 0 Å².